The number of furan rings is 1. The molecular weight excluding hydrogens is 288 g/mol. The summed E-state index contributed by atoms with van der Waals surface area (Å²) < 4.78 is 33.5. The van der Waals surface area contributed by atoms with Gasteiger partial charge in [-0.25, -0.2) is 13.1 Å². The van der Waals surface area contributed by atoms with Gasteiger partial charge < -0.3 is 9.73 Å². The molecule has 21 heavy (non-hydrogen) atoms. The summed E-state index contributed by atoms with van der Waals surface area (Å²) in [5, 5.41) is 2.96. The van der Waals surface area contributed by atoms with E-state index in [0.29, 0.717) is 18.1 Å². The lowest BCUT2D eigenvalue weighted by atomic mass is 9.75. The van der Waals surface area contributed by atoms with Gasteiger partial charge in [-0.05, 0) is 38.6 Å². The second-order valence-electron chi connectivity index (χ2n) is 6.74. The normalized spacial score (nSPS) is 22.4. The van der Waals surface area contributed by atoms with Crippen molar-refractivity contribution in [3.63, 3.8) is 0 Å². The lowest BCUT2D eigenvalue weighted by Crippen LogP contribution is -2.40. The quantitative estimate of drug-likeness (QED) is 0.876. The Bertz CT molecular complexity index is 590. The Balaban J connectivity index is 2.15. The molecule has 1 aromatic heterocycles. The van der Waals surface area contributed by atoms with Gasteiger partial charge in [-0.1, -0.05) is 20.3 Å². The minimum Gasteiger partial charge on any atom is -0.464 e. The Labute approximate surface area is 127 Å². The summed E-state index contributed by atoms with van der Waals surface area (Å²) >= 11 is 0. The van der Waals surface area contributed by atoms with Crippen LogP contribution in [-0.4, -0.2) is 21.5 Å². The SMILES string of the molecule is CNCc1cc(S(=O)(=O)NC2CCCC(C)(C)C2)c(C)o1. The summed E-state index contributed by atoms with van der Waals surface area (Å²) in [6.07, 6.45) is 4.01. The lowest BCUT2D eigenvalue weighted by Gasteiger charge is -2.35. The highest BCUT2D eigenvalue weighted by atomic mass is 32.2. The topological polar surface area (TPSA) is 71.3 Å². The third-order valence-corrected chi connectivity index (χ3v) is 5.72. The Morgan fingerprint density at radius 2 is 2.14 bits per heavy atom. The van der Waals surface area contributed by atoms with Crippen LogP contribution >= 0.6 is 0 Å². The second kappa shape index (κ2) is 6.10. The Hall–Kier alpha value is -0.850. The predicted octanol–water partition coefficient (Wildman–Crippen LogP) is 2.55. The van der Waals surface area contributed by atoms with E-state index in [2.05, 4.69) is 23.9 Å². The van der Waals surface area contributed by atoms with E-state index in [-0.39, 0.29) is 16.4 Å². The molecule has 1 unspecified atom stereocenters. The van der Waals surface area contributed by atoms with E-state index in [1.54, 1.807) is 20.0 Å². The monoisotopic (exact) mass is 314 g/mol. The lowest BCUT2D eigenvalue weighted by molar-refractivity contribution is 0.212. The summed E-state index contributed by atoms with van der Waals surface area (Å²) in [4.78, 5) is 0.260. The number of nitrogens with one attached hydrogen (secondary N) is 2. The number of hydrogen-bond acceptors (Lipinski definition) is 4. The first-order valence-corrected chi connectivity index (χ1v) is 8.98. The molecule has 1 heterocycles. The molecule has 120 valence electrons. The van der Waals surface area contributed by atoms with E-state index in [1.165, 1.54) is 0 Å². The molecule has 0 aliphatic heterocycles. The fourth-order valence-electron chi connectivity index (χ4n) is 3.13. The molecule has 0 aromatic carbocycles. The molecule has 1 aromatic rings. The summed E-state index contributed by atoms with van der Waals surface area (Å²) in [6.45, 7) is 6.61. The first-order chi connectivity index (χ1) is 9.73. The van der Waals surface area contributed by atoms with Crippen molar-refractivity contribution < 1.29 is 12.8 Å². The van der Waals surface area contributed by atoms with Crippen LogP contribution < -0.4 is 10.0 Å². The molecule has 2 N–H and O–H groups in total. The summed E-state index contributed by atoms with van der Waals surface area (Å²) in [7, 11) is -1.71. The number of aryl methyl sites for hydroxylation is 1. The zero-order valence-corrected chi connectivity index (χ0v) is 14.1. The van der Waals surface area contributed by atoms with Gasteiger partial charge in [0, 0.05) is 12.1 Å². The van der Waals surface area contributed by atoms with Crippen molar-refractivity contribution in [3.05, 3.63) is 17.6 Å². The largest absolute Gasteiger partial charge is 0.464 e. The summed E-state index contributed by atoms with van der Waals surface area (Å²) in [5.41, 5.74) is 0.203. The number of rotatable bonds is 5. The van der Waals surface area contributed by atoms with Crippen LogP contribution in [0.1, 0.15) is 51.1 Å². The molecule has 1 aliphatic rings. The van der Waals surface area contributed by atoms with Gasteiger partial charge in [-0.15, -0.1) is 0 Å². The van der Waals surface area contributed by atoms with Crippen molar-refractivity contribution in [2.45, 2.75) is 63.9 Å². The van der Waals surface area contributed by atoms with Crippen molar-refractivity contribution in [2.75, 3.05) is 7.05 Å². The van der Waals surface area contributed by atoms with E-state index in [1.807, 2.05) is 0 Å². The van der Waals surface area contributed by atoms with Crippen molar-refractivity contribution >= 4 is 10.0 Å². The number of hydrogen-bond donors (Lipinski definition) is 2. The zero-order chi connectivity index (χ0) is 15.7. The summed E-state index contributed by atoms with van der Waals surface area (Å²) in [6, 6.07) is 1.63. The molecule has 0 bridgehead atoms. The molecule has 0 amide bonds. The maximum Gasteiger partial charge on any atom is 0.244 e. The maximum absolute atomic E-state index is 12.6. The first kappa shape index (κ1) is 16.5. The standard InChI is InChI=1S/C15H26N2O3S/c1-11-14(8-13(20-11)10-16-4)21(18,19)17-12-6-5-7-15(2,3)9-12/h8,12,16-17H,5-7,9-10H2,1-4H3. The Morgan fingerprint density at radius 1 is 1.43 bits per heavy atom. The van der Waals surface area contributed by atoms with Crippen LogP contribution in [0.2, 0.25) is 0 Å². The van der Waals surface area contributed by atoms with Crippen LogP contribution in [0.15, 0.2) is 15.4 Å². The van der Waals surface area contributed by atoms with E-state index in [0.717, 1.165) is 25.7 Å². The Morgan fingerprint density at radius 3 is 2.76 bits per heavy atom. The molecule has 5 nitrogen and oxygen atoms in total. The highest BCUT2D eigenvalue weighted by molar-refractivity contribution is 7.89. The third kappa shape index (κ3) is 4.08. The van der Waals surface area contributed by atoms with Crippen LogP contribution in [-0.2, 0) is 16.6 Å². The average Bonchev–Trinajstić information content (AvgIpc) is 2.69. The fourth-order valence-corrected chi connectivity index (χ4v) is 4.61. The molecule has 6 heteroatoms. The zero-order valence-electron chi connectivity index (χ0n) is 13.3. The second-order valence-corrected chi connectivity index (χ2v) is 8.42. The smallest absolute Gasteiger partial charge is 0.244 e. The fraction of sp³-hybridized carbons (Fsp3) is 0.733. The van der Waals surface area contributed by atoms with Crippen LogP contribution in [0.3, 0.4) is 0 Å². The van der Waals surface area contributed by atoms with E-state index in [9.17, 15) is 8.42 Å². The van der Waals surface area contributed by atoms with Crippen LogP contribution in [0.25, 0.3) is 0 Å². The molecule has 0 spiro atoms. The maximum atomic E-state index is 12.6. The average molecular weight is 314 g/mol. The van der Waals surface area contributed by atoms with Gasteiger partial charge in [0.2, 0.25) is 10.0 Å². The van der Waals surface area contributed by atoms with Crippen molar-refractivity contribution in [1.82, 2.24) is 10.0 Å². The van der Waals surface area contributed by atoms with E-state index in [4.69, 9.17) is 4.42 Å². The molecule has 1 atom stereocenters. The van der Waals surface area contributed by atoms with Gasteiger partial charge >= 0.3 is 0 Å². The highest BCUT2D eigenvalue weighted by Gasteiger charge is 2.32. The highest BCUT2D eigenvalue weighted by Crippen LogP contribution is 2.35. The van der Waals surface area contributed by atoms with Gasteiger partial charge in [0.25, 0.3) is 0 Å². The third-order valence-electron chi connectivity index (χ3n) is 4.09. The van der Waals surface area contributed by atoms with Gasteiger partial charge in [0.05, 0.1) is 6.54 Å². The van der Waals surface area contributed by atoms with E-state index >= 15 is 0 Å². The van der Waals surface area contributed by atoms with Crippen LogP contribution in [0.5, 0.6) is 0 Å². The molecule has 1 aliphatic carbocycles. The summed E-state index contributed by atoms with van der Waals surface area (Å²) in [5.74, 6) is 1.09. The Kier molecular flexibility index (Phi) is 4.80. The van der Waals surface area contributed by atoms with Crippen LogP contribution in [0, 0.1) is 12.3 Å². The molecule has 2 rings (SSSR count). The molecule has 0 saturated heterocycles. The molecule has 0 radical (unpaired) electrons. The van der Waals surface area contributed by atoms with Crippen LogP contribution in [0.4, 0.5) is 0 Å². The molecule has 1 saturated carbocycles. The first-order valence-electron chi connectivity index (χ1n) is 7.50. The molecule has 1 fully saturated rings. The molecular formula is C15H26N2O3S. The minimum absolute atomic E-state index is 0.0146. The van der Waals surface area contributed by atoms with E-state index < -0.39 is 10.0 Å². The van der Waals surface area contributed by atoms with Crippen molar-refractivity contribution in [3.8, 4) is 0 Å². The van der Waals surface area contributed by atoms with Gasteiger partial charge in [0.1, 0.15) is 16.4 Å². The predicted molar refractivity (Wildman–Crippen MR) is 82.6 cm³/mol. The van der Waals surface area contributed by atoms with Gasteiger partial charge in [-0.2, -0.15) is 0 Å². The minimum atomic E-state index is -3.51. The van der Waals surface area contributed by atoms with Crippen molar-refractivity contribution in [1.29, 1.82) is 0 Å². The van der Waals surface area contributed by atoms with Gasteiger partial charge in [0.15, 0.2) is 0 Å². The van der Waals surface area contributed by atoms with Gasteiger partial charge in [-0.3, -0.25) is 0 Å². The number of sulfonamides is 1. The van der Waals surface area contributed by atoms with Crippen molar-refractivity contribution in [2.24, 2.45) is 5.41 Å².